The van der Waals surface area contributed by atoms with Crippen LogP contribution in [0.15, 0.2) is 523 Å². The van der Waals surface area contributed by atoms with E-state index in [4.69, 9.17) is 58.1 Å². The number of nitrogens with zero attached hydrogens (tertiary/aromatic N) is 12. The average Bonchev–Trinajstić information content (AvgIpc) is 1.58. The maximum absolute atomic E-state index is 6.49. The summed E-state index contributed by atoms with van der Waals surface area (Å²) in [4.78, 5) is 46.6. The Balaban J connectivity index is 0.000000108. The number of hydrogen-bond donors (Lipinski definition) is 0. The van der Waals surface area contributed by atoms with E-state index in [-0.39, 0.29) is 0 Å². The monoisotopic (exact) mass is 1920 g/mol. The quantitative estimate of drug-likeness (QED) is 0.0953. The molecule has 9 heterocycles. The van der Waals surface area contributed by atoms with Crippen LogP contribution in [0.3, 0.4) is 0 Å². The van der Waals surface area contributed by atoms with Crippen LogP contribution < -0.4 is 0 Å². The standard InChI is InChI=1S/3C45H28N4O/c1-3-14-29(15-4-1)30-16-11-17-31(28-30)43-46-44(48-45(47-43)38-25-13-23-36-34-21-8-10-27-40(34)50-42(36)38)37-24-12-22-35-33-20-7-9-26-39(33)49(41(35)37)32-18-5-2-6-19-32;1-3-13-29(14-4-1)30-15-11-16-31(27-30)43-46-44(48-45(47-43)38-22-12-21-37-36-20-8-10-24-41(36)50-42(37)38)32-25-26-35-34-19-7-9-23-39(34)49(40(35)28-32)33-17-5-2-6-18-33;1-3-13-29(14-4-1)30-15-11-16-31(27-30)43-46-44(48-45(47-43)37-22-12-21-36-35-20-8-10-24-41(35)50-42(36)37)32-25-26-40-38(28-32)34-19-7-9-23-39(34)49(40)33-17-5-2-6-18-33/h3*1-28H. The molecule has 0 aliphatic carbocycles. The van der Waals surface area contributed by atoms with Gasteiger partial charge in [-0.2, -0.15) is 0 Å². The molecule has 0 spiro atoms. The van der Waals surface area contributed by atoms with Gasteiger partial charge in [0, 0.05) is 115 Å². The molecule has 0 atom stereocenters. The molecule has 0 radical (unpaired) electrons. The lowest BCUT2D eigenvalue weighted by atomic mass is 10.0. The molecule has 702 valence electrons. The second-order valence-corrected chi connectivity index (χ2v) is 37.3. The van der Waals surface area contributed by atoms with Gasteiger partial charge in [0.25, 0.3) is 0 Å². The minimum Gasteiger partial charge on any atom is -0.455 e. The molecule has 9 aromatic heterocycles. The van der Waals surface area contributed by atoms with Crippen LogP contribution in [0.25, 0.3) is 284 Å². The van der Waals surface area contributed by atoms with E-state index in [1.165, 1.54) is 21.5 Å². The molecule has 0 unspecified atom stereocenters. The molecular formula is C135H84N12O3. The summed E-state index contributed by atoms with van der Waals surface area (Å²) in [6.07, 6.45) is 0. The highest BCUT2D eigenvalue weighted by atomic mass is 16.3. The van der Waals surface area contributed by atoms with Crippen molar-refractivity contribution in [3.8, 4) is 153 Å². The van der Waals surface area contributed by atoms with Crippen molar-refractivity contribution in [3.05, 3.63) is 510 Å². The molecule has 30 rings (SSSR count). The van der Waals surface area contributed by atoms with Crippen molar-refractivity contribution in [3.63, 3.8) is 0 Å². The van der Waals surface area contributed by atoms with Crippen LogP contribution in [-0.4, -0.2) is 58.6 Å². The van der Waals surface area contributed by atoms with Crippen molar-refractivity contribution < 1.29 is 13.3 Å². The molecule has 0 N–H and O–H groups in total. The van der Waals surface area contributed by atoms with E-state index in [2.05, 4.69) is 396 Å². The minimum atomic E-state index is 0.555. The van der Waals surface area contributed by atoms with Crippen LogP contribution in [-0.2, 0) is 0 Å². The summed E-state index contributed by atoms with van der Waals surface area (Å²) in [5.41, 5.74) is 29.4. The molecule has 0 aliphatic heterocycles. The highest BCUT2D eigenvalue weighted by Gasteiger charge is 2.28. The summed E-state index contributed by atoms with van der Waals surface area (Å²) in [6.45, 7) is 0. The lowest BCUT2D eigenvalue weighted by Gasteiger charge is -2.13. The second-order valence-electron chi connectivity index (χ2n) is 37.3. The first-order valence-electron chi connectivity index (χ1n) is 50.1. The third-order valence-corrected chi connectivity index (χ3v) is 28.4. The molecule has 0 saturated heterocycles. The zero-order chi connectivity index (χ0) is 99.1. The Morgan fingerprint density at radius 2 is 0.380 bits per heavy atom. The van der Waals surface area contributed by atoms with Crippen molar-refractivity contribution in [1.82, 2.24) is 58.6 Å². The Kier molecular flexibility index (Phi) is 21.5. The number of hydrogen-bond acceptors (Lipinski definition) is 12. The third-order valence-electron chi connectivity index (χ3n) is 28.4. The summed E-state index contributed by atoms with van der Waals surface area (Å²) in [5.74, 6) is 5.25. The summed E-state index contributed by atoms with van der Waals surface area (Å²) in [5, 5.41) is 13.3. The molecule has 150 heavy (non-hydrogen) atoms. The van der Waals surface area contributed by atoms with Crippen LogP contribution in [0.1, 0.15) is 0 Å². The van der Waals surface area contributed by atoms with E-state index in [1.54, 1.807) is 0 Å². The normalized spacial score (nSPS) is 11.6. The number of furan rings is 3. The van der Waals surface area contributed by atoms with Crippen molar-refractivity contribution in [1.29, 1.82) is 0 Å². The molecule has 0 bridgehead atoms. The molecule has 21 aromatic carbocycles. The smallest absolute Gasteiger partial charge is 0.167 e. The van der Waals surface area contributed by atoms with Crippen molar-refractivity contribution in [2.24, 2.45) is 0 Å². The molecule has 15 nitrogen and oxygen atoms in total. The predicted molar refractivity (Wildman–Crippen MR) is 610 cm³/mol. The van der Waals surface area contributed by atoms with E-state index < -0.39 is 0 Å². The first-order chi connectivity index (χ1) is 74.4. The average molecular weight is 1920 g/mol. The lowest BCUT2D eigenvalue weighted by Crippen LogP contribution is -2.02. The Morgan fingerprint density at radius 3 is 0.787 bits per heavy atom. The van der Waals surface area contributed by atoms with E-state index in [0.717, 1.165) is 210 Å². The lowest BCUT2D eigenvalue weighted by molar-refractivity contribution is 0.669. The first kappa shape index (κ1) is 87.3. The van der Waals surface area contributed by atoms with Gasteiger partial charge in [0.2, 0.25) is 0 Å². The highest BCUT2D eigenvalue weighted by Crippen LogP contribution is 2.46. The van der Waals surface area contributed by atoms with Gasteiger partial charge in [-0.1, -0.05) is 370 Å². The van der Waals surface area contributed by atoms with Gasteiger partial charge in [-0.25, -0.2) is 44.9 Å². The summed E-state index contributed by atoms with van der Waals surface area (Å²) < 4.78 is 26.3. The summed E-state index contributed by atoms with van der Waals surface area (Å²) >= 11 is 0. The number of fused-ring (bicyclic) bond motifs is 18. The molecule has 15 heteroatoms. The largest absolute Gasteiger partial charge is 0.455 e. The summed E-state index contributed by atoms with van der Waals surface area (Å²) in [6, 6.07) is 176. The van der Waals surface area contributed by atoms with Crippen molar-refractivity contribution in [2.75, 3.05) is 0 Å². The summed E-state index contributed by atoms with van der Waals surface area (Å²) in [7, 11) is 0. The molecular weight excluding hydrogens is 1840 g/mol. The number of aromatic nitrogens is 12. The van der Waals surface area contributed by atoms with Gasteiger partial charge in [0.05, 0.1) is 49.8 Å². The Hall–Kier alpha value is -20.6. The maximum atomic E-state index is 6.49. The second kappa shape index (κ2) is 37.0. The zero-order valence-electron chi connectivity index (χ0n) is 80.6. The van der Waals surface area contributed by atoms with Gasteiger partial charge >= 0.3 is 0 Å². The molecule has 0 fully saturated rings. The fraction of sp³-hybridized carbons (Fsp3) is 0. The van der Waals surface area contributed by atoms with Crippen LogP contribution in [0.2, 0.25) is 0 Å². The Bertz CT molecular complexity index is 10500. The van der Waals surface area contributed by atoms with Gasteiger partial charge in [-0.3, -0.25) is 0 Å². The van der Waals surface area contributed by atoms with E-state index in [9.17, 15) is 0 Å². The number of benzene rings is 21. The highest BCUT2D eigenvalue weighted by molar-refractivity contribution is 6.17. The first-order valence-corrected chi connectivity index (χ1v) is 50.1. The van der Waals surface area contributed by atoms with Crippen molar-refractivity contribution >= 4 is 131 Å². The van der Waals surface area contributed by atoms with Crippen LogP contribution in [0.4, 0.5) is 0 Å². The van der Waals surface area contributed by atoms with E-state index in [0.29, 0.717) is 52.4 Å². The Labute approximate surface area is 859 Å². The van der Waals surface area contributed by atoms with Gasteiger partial charge in [-0.15, -0.1) is 0 Å². The third kappa shape index (κ3) is 15.6. The number of para-hydroxylation sites is 13. The fourth-order valence-electron chi connectivity index (χ4n) is 21.4. The van der Waals surface area contributed by atoms with Gasteiger partial charge in [0.15, 0.2) is 52.4 Å². The van der Waals surface area contributed by atoms with Crippen LogP contribution in [0.5, 0.6) is 0 Å². The van der Waals surface area contributed by atoms with Crippen molar-refractivity contribution in [2.45, 2.75) is 0 Å². The van der Waals surface area contributed by atoms with E-state index in [1.807, 2.05) is 127 Å². The molecule has 30 aromatic rings. The zero-order valence-corrected chi connectivity index (χ0v) is 80.6. The van der Waals surface area contributed by atoms with Gasteiger partial charge in [-0.05, 0) is 173 Å². The SMILES string of the molecule is c1ccc(-c2cccc(-c3nc(-c4ccc5c(c4)c4ccccc4n5-c4ccccc4)nc(-c4cccc5c4oc4ccccc45)n3)c2)cc1.c1ccc(-c2cccc(-c3nc(-c4ccc5c6ccccc6n(-c6ccccc6)c5c4)nc(-c4cccc5c4oc4ccccc45)n3)c2)cc1.c1ccc(-c2cccc(-c3nc(-c4cccc5c4oc4ccccc45)nc(-c4cccc5c6ccccc6n(-c6ccccc6)c45)n3)c2)cc1. The minimum absolute atomic E-state index is 0.555. The van der Waals surface area contributed by atoms with Gasteiger partial charge in [0.1, 0.15) is 33.5 Å². The maximum Gasteiger partial charge on any atom is 0.167 e. The number of rotatable bonds is 15. The fourth-order valence-corrected chi connectivity index (χ4v) is 21.4. The molecule has 0 aliphatic rings. The Morgan fingerprint density at radius 1 is 0.133 bits per heavy atom. The van der Waals surface area contributed by atoms with Gasteiger partial charge < -0.3 is 27.0 Å². The topological polar surface area (TPSA) is 170 Å². The molecule has 0 amide bonds. The van der Waals surface area contributed by atoms with Crippen LogP contribution in [0, 0.1) is 0 Å². The van der Waals surface area contributed by atoms with Crippen LogP contribution >= 0.6 is 0 Å². The predicted octanol–water partition coefficient (Wildman–Crippen LogP) is 34.6. The molecule has 0 saturated carbocycles. The van der Waals surface area contributed by atoms with E-state index >= 15 is 0 Å².